The topological polar surface area (TPSA) is 84.9 Å². The lowest BCUT2D eigenvalue weighted by molar-refractivity contribution is 0.0240. The maximum atomic E-state index is 12.9. The van der Waals surface area contributed by atoms with Gasteiger partial charge in [-0.05, 0) is 70.7 Å². The van der Waals surface area contributed by atoms with Crippen molar-refractivity contribution in [1.82, 2.24) is 14.9 Å². The lowest BCUT2D eigenvalue weighted by atomic mass is 9.86. The Labute approximate surface area is 226 Å². The number of carbonyl (C=O) groups excluding carboxylic acids is 2. The third-order valence-electron chi connectivity index (χ3n) is 7.32. The van der Waals surface area contributed by atoms with Crippen molar-refractivity contribution in [3.8, 4) is 11.3 Å². The van der Waals surface area contributed by atoms with Gasteiger partial charge in [0.05, 0.1) is 17.9 Å². The molecule has 0 unspecified atom stereocenters. The molecule has 0 N–H and O–H groups in total. The van der Waals surface area contributed by atoms with Crippen LogP contribution in [0.25, 0.3) is 11.3 Å². The average Bonchev–Trinajstić information content (AvgIpc) is 2.89. The van der Waals surface area contributed by atoms with Gasteiger partial charge in [0.2, 0.25) is 0 Å². The van der Waals surface area contributed by atoms with Crippen LogP contribution in [0, 0.1) is 12.8 Å². The summed E-state index contributed by atoms with van der Waals surface area (Å²) in [7, 11) is 0. The summed E-state index contributed by atoms with van der Waals surface area (Å²) >= 11 is 0. The number of anilines is 1. The summed E-state index contributed by atoms with van der Waals surface area (Å²) in [5.74, 6) is 1.05. The minimum absolute atomic E-state index is 0.302. The quantitative estimate of drug-likeness (QED) is 0.443. The second kappa shape index (κ2) is 12.1. The standard InChI is InChI=1S/C30H42N4O4/c1-6-37-28(35)25-20-26(33-14-16-34(17-15-33)29(36)38-30(3,4)5)32-27(21(25)2)23-12-13-31-24(19-23)18-22-10-8-7-9-11-22/h12-13,19-20,22H,6-11,14-18H2,1-5H3. The number of pyridine rings is 2. The van der Waals surface area contributed by atoms with E-state index in [1.165, 1.54) is 32.1 Å². The molecule has 0 bridgehead atoms. The van der Waals surface area contributed by atoms with E-state index in [1.807, 2.05) is 52.9 Å². The first-order valence-corrected chi connectivity index (χ1v) is 14.0. The number of carbonyl (C=O) groups is 2. The van der Waals surface area contributed by atoms with E-state index in [4.69, 9.17) is 14.5 Å². The predicted octanol–water partition coefficient (Wildman–Crippen LogP) is 5.81. The predicted molar refractivity (Wildman–Crippen MR) is 148 cm³/mol. The molecular weight excluding hydrogens is 480 g/mol. The Hall–Kier alpha value is -3.16. The lowest BCUT2D eigenvalue weighted by Gasteiger charge is -2.36. The zero-order valence-electron chi connectivity index (χ0n) is 23.6. The Bertz CT molecular complexity index is 1130. The van der Waals surface area contributed by atoms with Crippen LogP contribution < -0.4 is 4.90 Å². The first-order valence-electron chi connectivity index (χ1n) is 14.0. The maximum Gasteiger partial charge on any atom is 0.410 e. The van der Waals surface area contributed by atoms with E-state index in [9.17, 15) is 9.59 Å². The van der Waals surface area contributed by atoms with Crippen molar-refractivity contribution >= 4 is 17.9 Å². The zero-order chi connectivity index (χ0) is 27.3. The van der Waals surface area contributed by atoms with Crippen molar-refractivity contribution in [3.05, 3.63) is 41.2 Å². The second-order valence-electron chi connectivity index (χ2n) is 11.4. The SMILES string of the molecule is CCOC(=O)c1cc(N2CCN(C(=O)OC(C)(C)C)CC2)nc(-c2ccnc(CC3CCCCC3)c2)c1C. The van der Waals surface area contributed by atoms with E-state index >= 15 is 0 Å². The molecule has 38 heavy (non-hydrogen) atoms. The number of piperazine rings is 1. The molecule has 0 atom stereocenters. The van der Waals surface area contributed by atoms with Crippen LogP contribution in [0.15, 0.2) is 24.4 Å². The van der Waals surface area contributed by atoms with Gasteiger partial charge < -0.3 is 19.3 Å². The third-order valence-corrected chi connectivity index (χ3v) is 7.32. The summed E-state index contributed by atoms with van der Waals surface area (Å²) in [5.41, 5.74) is 3.60. The number of ether oxygens (including phenoxy) is 2. The molecule has 2 aliphatic rings. The molecule has 4 rings (SSSR count). The highest BCUT2D eigenvalue weighted by molar-refractivity contribution is 5.94. The highest BCUT2D eigenvalue weighted by Gasteiger charge is 2.28. The van der Waals surface area contributed by atoms with Crippen molar-refractivity contribution in [2.24, 2.45) is 5.92 Å². The van der Waals surface area contributed by atoms with E-state index in [0.29, 0.717) is 50.1 Å². The fourth-order valence-electron chi connectivity index (χ4n) is 5.33. The summed E-state index contributed by atoms with van der Waals surface area (Å²) in [6.45, 7) is 11.9. The zero-order valence-corrected chi connectivity index (χ0v) is 23.6. The monoisotopic (exact) mass is 522 g/mol. The van der Waals surface area contributed by atoms with Crippen LogP contribution in [0.2, 0.25) is 0 Å². The summed E-state index contributed by atoms with van der Waals surface area (Å²) in [6.07, 6.45) is 9.00. The molecule has 0 radical (unpaired) electrons. The van der Waals surface area contributed by atoms with Gasteiger partial charge in [0.1, 0.15) is 11.4 Å². The molecule has 1 amide bonds. The van der Waals surface area contributed by atoms with Crippen molar-refractivity contribution in [3.63, 3.8) is 0 Å². The number of aromatic nitrogens is 2. The van der Waals surface area contributed by atoms with Gasteiger partial charge in [-0.1, -0.05) is 32.1 Å². The molecule has 1 saturated carbocycles. The molecule has 3 heterocycles. The third kappa shape index (κ3) is 7.03. The molecule has 2 aromatic rings. The van der Waals surface area contributed by atoms with Crippen LogP contribution in [-0.2, 0) is 15.9 Å². The fourth-order valence-corrected chi connectivity index (χ4v) is 5.33. The Kier molecular flexibility index (Phi) is 8.90. The van der Waals surface area contributed by atoms with E-state index < -0.39 is 5.60 Å². The van der Waals surface area contributed by atoms with Crippen LogP contribution in [0.3, 0.4) is 0 Å². The van der Waals surface area contributed by atoms with Gasteiger partial charge in [-0.25, -0.2) is 14.6 Å². The molecule has 2 fully saturated rings. The number of rotatable bonds is 6. The first kappa shape index (κ1) is 27.9. The number of hydrogen-bond donors (Lipinski definition) is 0. The molecule has 1 saturated heterocycles. The Morgan fingerprint density at radius 2 is 1.76 bits per heavy atom. The van der Waals surface area contributed by atoms with Gasteiger partial charge in [0.15, 0.2) is 0 Å². The first-order chi connectivity index (χ1) is 18.1. The Balaban J connectivity index is 1.60. The fraction of sp³-hybridized carbons (Fsp3) is 0.600. The molecular formula is C30H42N4O4. The Morgan fingerprint density at radius 1 is 1.05 bits per heavy atom. The highest BCUT2D eigenvalue weighted by Crippen LogP contribution is 2.31. The molecule has 8 heteroatoms. The van der Waals surface area contributed by atoms with E-state index in [0.717, 1.165) is 28.9 Å². The average molecular weight is 523 g/mol. The molecule has 2 aromatic heterocycles. The van der Waals surface area contributed by atoms with Crippen LogP contribution in [0.4, 0.5) is 10.6 Å². The number of hydrogen-bond acceptors (Lipinski definition) is 7. The van der Waals surface area contributed by atoms with Crippen molar-refractivity contribution in [2.75, 3.05) is 37.7 Å². The number of nitrogens with zero attached hydrogens (tertiary/aromatic N) is 4. The van der Waals surface area contributed by atoms with Crippen molar-refractivity contribution < 1.29 is 19.1 Å². The van der Waals surface area contributed by atoms with Gasteiger partial charge in [-0.3, -0.25) is 4.98 Å². The maximum absolute atomic E-state index is 12.9. The van der Waals surface area contributed by atoms with Crippen LogP contribution in [-0.4, -0.2) is 65.3 Å². The summed E-state index contributed by atoms with van der Waals surface area (Å²) in [6, 6.07) is 5.92. The van der Waals surface area contributed by atoms with Gasteiger partial charge in [0, 0.05) is 43.6 Å². The molecule has 1 aliphatic carbocycles. The molecule has 206 valence electrons. The van der Waals surface area contributed by atoms with E-state index in [-0.39, 0.29) is 12.1 Å². The summed E-state index contributed by atoms with van der Waals surface area (Å²) in [4.78, 5) is 39.0. The van der Waals surface area contributed by atoms with E-state index in [1.54, 1.807) is 4.90 Å². The van der Waals surface area contributed by atoms with Gasteiger partial charge in [-0.2, -0.15) is 0 Å². The van der Waals surface area contributed by atoms with Gasteiger partial charge in [-0.15, -0.1) is 0 Å². The largest absolute Gasteiger partial charge is 0.462 e. The minimum Gasteiger partial charge on any atom is -0.462 e. The summed E-state index contributed by atoms with van der Waals surface area (Å²) < 4.78 is 10.9. The van der Waals surface area contributed by atoms with Crippen LogP contribution in [0.1, 0.15) is 81.4 Å². The smallest absolute Gasteiger partial charge is 0.410 e. The molecule has 0 aromatic carbocycles. The van der Waals surface area contributed by atoms with Crippen molar-refractivity contribution in [1.29, 1.82) is 0 Å². The number of esters is 1. The minimum atomic E-state index is -0.531. The van der Waals surface area contributed by atoms with E-state index in [2.05, 4.69) is 16.0 Å². The number of amides is 1. The Morgan fingerprint density at radius 3 is 2.42 bits per heavy atom. The lowest BCUT2D eigenvalue weighted by Crippen LogP contribution is -2.50. The van der Waals surface area contributed by atoms with Gasteiger partial charge in [0.25, 0.3) is 0 Å². The molecule has 8 nitrogen and oxygen atoms in total. The van der Waals surface area contributed by atoms with Crippen molar-refractivity contribution in [2.45, 2.75) is 78.7 Å². The van der Waals surface area contributed by atoms with Gasteiger partial charge >= 0.3 is 12.1 Å². The molecule has 0 spiro atoms. The molecule has 1 aliphatic heterocycles. The highest BCUT2D eigenvalue weighted by atomic mass is 16.6. The van der Waals surface area contributed by atoms with Crippen LogP contribution in [0.5, 0.6) is 0 Å². The van der Waals surface area contributed by atoms with Crippen LogP contribution >= 0.6 is 0 Å². The normalized spacial score (nSPS) is 16.9. The summed E-state index contributed by atoms with van der Waals surface area (Å²) in [5, 5.41) is 0. The second-order valence-corrected chi connectivity index (χ2v) is 11.4.